The van der Waals surface area contributed by atoms with Crippen molar-refractivity contribution in [1.82, 2.24) is 0 Å². The SMILES string of the molecule is COc1ccccc1-c1ccc2c(c1COC(=O)C1CCCCC1)C(C)=CC(C)(C)N2. The van der Waals surface area contributed by atoms with Crippen molar-refractivity contribution in [3.05, 3.63) is 53.6 Å². The highest BCUT2D eigenvalue weighted by Gasteiger charge is 2.28. The number of methoxy groups -OCH3 is 1. The van der Waals surface area contributed by atoms with Crippen molar-refractivity contribution in [2.75, 3.05) is 12.4 Å². The van der Waals surface area contributed by atoms with E-state index in [-0.39, 0.29) is 24.0 Å². The van der Waals surface area contributed by atoms with Crippen LogP contribution in [0, 0.1) is 5.92 Å². The molecule has 1 aliphatic heterocycles. The number of para-hydroxylation sites is 1. The third-order valence-corrected chi connectivity index (χ3v) is 6.44. The molecule has 1 aliphatic carbocycles. The predicted octanol–water partition coefficient (Wildman–Crippen LogP) is 6.59. The second-order valence-corrected chi connectivity index (χ2v) is 9.33. The summed E-state index contributed by atoms with van der Waals surface area (Å²) >= 11 is 0. The standard InChI is InChI=1S/C27H33NO3/c1-18-16-27(2,3)28-23-15-14-20(21-12-8-9-13-24(21)30-4)22(25(18)23)17-31-26(29)19-10-6-5-7-11-19/h8-9,12-16,19,28H,5-7,10-11,17H2,1-4H3. The number of rotatable bonds is 5. The summed E-state index contributed by atoms with van der Waals surface area (Å²) in [6.45, 7) is 6.73. The average Bonchev–Trinajstić information content (AvgIpc) is 2.76. The van der Waals surface area contributed by atoms with Crippen molar-refractivity contribution in [3.63, 3.8) is 0 Å². The molecule has 1 N–H and O–H groups in total. The van der Waals surface area contributed by atoms with Gasteiger partial charge in [-0.1, -0.05) is 49.6 Å². The number of carbonyl (C=O) groups is 1. The normalized spacial score (nSPS) is 17.9. The number of anilines is 1. The Morgan fingerprint density at radius 1 is 1.06 bits per heavy atom. The van der Waals surface area contributed by atoms with E-state index in [1.165, 1.54) is 12.0 Å². The minimum absolute atomic E-state index is 0.0386. The Hall–Kier alpha value is -2.75. The van der Waals surface area contributed by atoms with E-state index in [1.54, 1.807) is 7.11 Å². The zero-order valence-electron chi connectivity index (χ0n) is 19.1. The lowest BCUT2D eigenvalue weighted by atomic mass is 9.85. The molecule has 2 aliphatic rings. The lowest BCUT2D eigenvalue weighted by molar-refractivity contribution is -0.151. The first kappa shape index (κ1) is 21.5. The minimum atomic E-state index is -0.126. The fourth-order valence-corrected chi connectivity index (χ4v) is 5.07. The molecule has 1 saturated carbocycles. The molecule has 4 nitrogen and oxygen atoms in total. The van der Waals surface area contributed by atoms with Crippen molar-refractivity contribution in [2.45, 2.75) is 65.0 Å². The van der Waals surface area contributed by atoms with Gasteiger partial charge in [0.2, 0.25) is 0 Å². The Morgan fingerprint density at radius 2 is 1.81 bits per heavy atom. The third-order valence-electron chi connectivity index (χ3n) is 6.44. The molecular weight excluding hydrogens is 386 g/mol. The highest BCUT2D eigenvalue weighted by atomic mass is 16.5. The van der Waals surface area contributed by atoms with E-state index in [9.17, 15) is 4.79 Å². The second-order valence-electron chi connectivity index (χ2n) is 9.33. The lowest BCUT2D eigenvalue weighted by Gasteiger charge is -2.33. The van der Waals surface area contributed by atoms with Gasteiger partial charge in [-0.15, -0.1) is 0 Å². The number of esters is 1. The van der Waals surface area contributed by atoms with Crippen LogP contribution in [-0.4, -0.2) is 18.6 Å². The van der Waals surface area contributed by atoms with E-state index in [1.807, 2.05) is 18.2 Å². The Bertz CT molecular complexity index is 1000. The summed E-state index contributed by atoms with van der Waals surface area (Å²) in [5.74, 6) is 0.791. The van der Waals surface area contributed by atoms with Gasteiger partial charge < -0.3 is 14.8 Å². The summed E-state index contributed by atoms with van der Waals surface area (Å²) < 4.78 is 11.6. The summed E-state index contributed by atoms with van der Waals surface area (Å²) in [6.07, 6.45) is 7.59. The van der Waals surface area contributed by atoms with Crippen molar-refractivity contribution in [1.29, 1.82) is 0 Å². The van der Waals surface area contributed by atoms with E-state index in [0.717, 1.165) is 59.4 Å². The van der Waals surface area contributed by atoms with Gasteiger partial charge in [-0.05, 0) is 56.9 Å². The smallest absolute Gasteiger partial charge is 0.309 e. The van der Waals surface area contributed by atoms with Crippen LogP contribution in [-0.2, 0) is 16.1 Å². The number of hydrogen-bond acceptors (Lipinski definition) is 4. The van der Waals surface area contributed by atoms with Crippen molar-refractivity contribution in [3.8, 4) is 16.9 Å². The Kier molecular flexibility index (Phi) is 6.08. The van der Waals surface area contributed by atoms with Crippen molar-refractivity contribution < 1.29 is 14.3 Å². The zero-order chi connectivity index (χ0) is 22.0. The molecule has 0 bridgehead atoms. The van der Waals surface area contributed by atoms with Crippen LogP contribution in [0.15, 0.2) is 42.5 Å². The lowest BCUT2D eigenvalue weighted by Crippen LogP contribution is -2.32. The summed E-state index contributed by atoms with van der Waals surface area (Å²) in [4.78, 5) is 12.8. The van der Waals surface area contributed by atoms with Crippen molar-refractivity contribution in [2.24, 2.45) is 5.92 Å². The topological polar surface area (TPSA) is 47.6 Å². The van der Waals surface area contributed by atoms with Crippen LogP contribution >= 0.6 is 0 Å². The Labute approximate surface area is 185 Å². The third kappa shape index (κ3) is 4.48. The molecule has 4 rings (SSSR count). The summed E-state index contributed by atoms with van der Waals surface area (Å²) in [6, 6.07) is 12.3. The number of benzene rings is 2. The van der Waals surface area contributed by atoms with Gasteiger partial charge in [0.1, 0.15) is 12.4 Å². The van der Waals surface area contributed by atoms with Gasteiger partial charge in [0.05, 0.1) is 18.6 Å². The van der Waals surface area contributed by atoms with E-state index in [0.29, 0.717) is 0 Å². The first-order valence-electron chi connectivity index (χ1n) is 11.3. The highest BCUT2D eigenvalue weighted by molar-refractivity contribution is 5.88. The maximum Gasteiger partial charge on any atom is 0.309 e. The number of fused-ring (bicyclic) bond motifs is 1. The number of allylic oxidation sites excluding steroid dienone is 1. The predicted molar refractivity (Wildman–Crippen MR) is 126 cm³/mol. The summed E-state index contributed by atoms with van der Waals surface area (Å²) in [5, 5.41) is 3.62. The monoisotopic (exact) mass is 419 g/mol. The maximum atomic E-state index is 12.8. The van der Waals surface area contributed by atoms with Gasteiger partial charge in [-0.3, -0.25) is 4.79 Å². The van der Waals surface area contributed by atoms with E-state index >= 15 is 0 Å². The highest BCUT2D eigenvalue weighted by Crippen LogP contribution is 2.42. The number of hydrogen-bond donors (Lipinski definition) is 1. The van der Waals surface area contributed by atoms with Crippen LogP contribution in [0.3, 0.4) is 0 Å². The Balaban J connectivity index is 1.75. The van der Waals surface area contributed by atoms with Crippen LogP contribution < -0.4 is 10.1 Å². The van der Waals surface area contributed by atoms with Gasteiger partial charge in [0, 0.05) is 22.4 Å². The number of nitrogens with one attached hydrogen (secondary N) is 1. The molecule has 0 amide bonds. The molecule has 164 valence electrons. The van der Waals surface area contributed by atoms with Crippen LogP contribution in [0.1, 0.15) is 64.0 Å². The first-order valence-corrected chi connectivity index (χ1v) is 11.3. The van der Waals surface area contributed by atoms with Gasteiger partial charge >= 0.3 is 5.97 Å². The number of ether oxygens (including phenoxy) is 2. The van der Waals surface area contributed by atoms with Crippen LogP contribution in [0.25, 0.3) is 16.7 Å². The molecule has 0 aromatic heterocycles. The zero-order valence-corrected chi connectivity index (χ0v) is 19.1. The maximum absolute atomic E-state index is 12.8. The van der Waals surface area contributed by atoms with Crippen LogP contribution in [0.2, 0.25) is 0 Å². The van der Waals surface area contributed by atoms with Crippen molar-refractivity contribution >= 4 is 17.2 Å². The minimum Gasteiger partial charge on any atom is -0.496 e. The summed E-state index contributed by atoms with van der Waals surface area (Å²) in [5.41, 5.74) is 6.35. The molecule has 2 aromatic carbocycles. The van der Waals surface area contributed by atoms with E-state index in [4.69, 9.17) is 9.47 Å². The van der Waals surface area contributed by atoms with Gasteiger partial charge in [-0.2, -0.15) is 0 Å². The van der Waals surface area contributed by atoms with Gasteiger partial charge in [0.15, 0.2) is 0 Å². The fraction of sp³-hybridized carbons (Fsp3) is 0.444. The number of carbonyl (C=O) groups excluding carboxylic acids is 1. The molecule has 4 heteroatoms. The van der Waals surface area contributed by atoms with Crippen LogP contribution in [0.5, 0.6) is 5.75 Å². The molecule has 0 atom stereocenters. The largest absolute Gasteiger partial charge is 0.496 e. The summed E-state index contributed by atoms with van der Waals surface area (Å²) in [7, 11) is 1.69. The van der Waals surface area contributed by atoms with Crippen LogP contribution in [0.4, 0.5) is 5.69 Å². The quantitative estimate of drug-likeness (QED) is 0.555. The molecule has 1 fully saturated rings. The van der Waals surface area contributed by atoms with E-state index < -0.39 is 0 Å². The second kappa shape index (κ2) is 8.78. The van der Waals surface area contributed by atoms with Gasteiger partial charge in [-0.25, -0.2) is 0 Å². The first-order chi connectivity index (χ1) is 14.9. The molecular formula is C27H33NO3. The molecule has 0 unspecified atom stereocenters. The molecule has 0 spiro atoms. The molecule has 0 saturated heterocycles. The van der Waals surface area contributed by atoms with E-state index in [2.05, 4.69) is 50.4 Å². The molecule has 2 aromatic rings. The average molecular weight is 420 g/mol. The molecule has 0 radical (unpaired) electrons. The van der Waals surface area contributed by atoms with Gasteiger partial charge in [0.25, 0.3) is 0 Å². The molecule has 31 heavy (non-hydrogen) atoms. The Morgan fingerprint density at radius 3 is 2.55 bits per heavy atom. The fourth-order valence-electron chi connectivity index (χ4n) is 5.07. The molecule has 1 heterocycles.